The van der Waals surface area contributed by atoms with E-state index in [0.29, 0.717) is 17.2 Å². The van der Waals surface area contributed by atoms with E-state index in [1.807, 2.05) is 0 Å². The number of carbonyl (C=O) groups is 2. The average Bonchev–Trinajstić information content (AvgIpc) is 3.05. The van der Waals surface area contributed by atoms with Gasteiger partial charge in [-0.15, -0.1) is 0 Å². The highest BCUT2D eigenvalue weighted by atomic mass is 16.4. The Morgan fingerprint density at radius 1 is 1.25 bits per heavy atom. The van der Waals surface area contributed by atoms with Crippen molar-refractivity contribution < 1.29 is 14.7 Å². The van der Waals surface area contributed by atoms with Gasteiger partial charge in [0.15, 0.2) is 0 Å². The number of anilines is 1. The van der Waals surface area contributed by atoms with Crippen molar-refractivity contribution in [1.82, 2.24) is 19.8 Å². The fourth-order valence-corrected chi connectivity index (χ4v) is 2.92. The van der Waals surface area contributed by atoms with Crippen molar-refractivity contribution in [2.75, 3.05) is 44.7 Å². The van der Waals surface area contributed by atoms with E-state index in [1.165, 1.54) is 17.2 Å². The summed E-state index contributed by atoms with van der Waals surface area (Å²) in [4.78, 5) is 38.3. The van der Waals surface area contributed by atoms with Gasteiger partial charge in [0.1, 0.15) is 6.04 Å². The van der Waals surface area contributed by atoms with Crippen LogP contribution in [0.1, 0.15) is 16.1 Å². The molecule has 1 atom stereocenters. The largest absolute Gasteiger partial charge is 0.479 e. The molecule has 2 aliphatic rings. The minimum atomic E-state index is -1.04. The lowest BCUT2D eigenvalue weighted by Gasteiger charge is -2.32. The SMILES string of the molecule is Cc1nc(N2CCN(C)CC2)ncc1C(=O)N1CC=C[C@H]1C(=O)O. The predicted molar refractivity (Wildman–Crippen MR) is 88.1 cm³/mol. The molecule has 1 amide bonds. The summed E-state index contributed by atoms with van der Waals surface area (Å²) in [6, 6.07) is -0.922. The Balaban J connectivity index is 1.77. The number of nitrogens with zero attached hydrogens (tertiary/aromatic N) is 5. The molecule has 1 N–H and O–H groups in total. The number of carboxylic acids is 1. The maximum atomic E-state index is 12.6. The molecule has 0 unspecified atom stereocenters. The van der Waals surface area contributed by atoms with E-state index in [1.54, 1.807) is 13.0 Å². The fraction of sp³-hybridized carbons (Fsp3) is 0.500. The van der Waals surface area contributed by atoms with Crippen LogP contribution in [0, 0.1) is 6.92 Å². The first-order valence-electron chi connectivity index (χ1n) is 7.95. The Hall–Kier alpha value is -2.48. The van der Waals surface area contributed by atoms with Crippen LogP contribution >= 0.6 is 0 Å². The lowest BCUT2D eigenvalue weighted by molar-refractivity contribution is -0.140. The lowest BCUT2D eigenvalue weighted by Crippen LogP contribution is -2.45. The highest BCUT2D eigenvalue weighted by Crippen LogP contribution is 2.18. The topological polar surface area (TPSA) is 89.9 Å². The van der Waals surface area contributed by atoms with Crippen molar-refractivity contribution in [2.45, 2.75) is 13.0 Å². The molecule has 24 heavy (non-hydrogen) atoms. The van der Waals surface area contributed by atoms with E-state index in [4.69, 9.17) is 0 Å². The molecule has 0 aliphatic carbocycles. The summed E-state index contributed by atoms with van der Waals surface area (Å²) in [6.07, 6.45) is 4.72. The molecule has 0 bridgehead atoms. The van der Waals surface area contributed by atoms with E-state index < -0.39 is 12.0 Å². The second-order valence-corrected chi connectivity index (χ2v) is 6.13. The molecule has 3 heterocycles. The molecular formula is C16H21N5O3. The van der Waals surface area contributed by atoms with Gasteiger partial charge in [-0.3, -0.25) is 4.79 Å². The van der Waals surface area contributed by atoms with Crippen LogP contribution in [0.25, 0.3) is 0 Å². The molecule has 0 saturated carbocycles. The van der Waals surface area contributed by atoms with Crippen molar-refractivity contribution in [2.24, 2.45) is 0 Å². The molecule has 0 radical (unpaired) electrons. The number of hydrogen-bond acceptors (Lipinski definition) is 6. The van der Waals surface area contributed by atoms with Gasteiger partial charge in [0.05, 0.1) is 11.3 Å². The number of aryl methyl sites for hydroxylation is 1. The third-order valence-corrected chi connectivity index (χ3v) is 4.45. The van der Waals surface area contributed by atoms with Crippen LogP contribution in [0.2, 0.25) is 0 Å². The predicted octanol–water partition coefficient (Wildman–Crippen LogP) is 0.00202. The Morgan fingerprint density at radius 2 is 1.96 bits per heavy atom. The molecule has 0 aromatic carbocycles. The van der Waals surface area contributed by atoms with E-state index >= 15 is 0 Å². The number of carbonyl (C=O) groups excluding carboxylic acids is 1. The lowest BCUT2D eigenvalue weighted by atomic mass is 10.2. The Bertz CT molecular complexity index is 682. The summed E-state index contributed by atoms with van der Waals surface area (Å²) in [5.41, 5.74) is 0.919. The average molecular weight is 331 g/mol. The molecule has 128 valence electrons. The summed E-state index contributed by atoms with van der Waals surface area (Å²) < 4.78 is 0. The molecule has 2 aliphatic heterocycles. The Morgan fingerprint density at radius 3 is 2.58 bits per heavy atom. The molecule has 1 fully saturated rings. The van der Waals surface area contributed by atoms with Gasteiger partial charge in [-0.1, -0.05) is 12.2 Å². The van der Waals surface area contributed by atoms with Crippen molar-refractivity contribution in [3.63, 3.8) is 0 Å². The molecule has 1 aromatic rings. The number of aliphatic carboxylic acids is 1. The maximum absolute atomic E-state index is 12.6. The van der Waals surface area contributed by atoms with Crippen LogP contribution in [0.4, 0.5) is 5.95 Å². The Kier molecular flexibility index (Phi) is 4.48. The monoisotopic (exact) mass is 331 g/mol. The van der Waals surface area contributed by atoms with Crippen LogP contribution in [0.5, 0.6) is 0 Å². The molecule has 3 rings (SSSR count). The van der Waals surface area contributed by atoms with Crippen LogP contribution < -0.4 is 4.90 Å². The molecule has 1 aromatic heterocycles. The van der Waals surface area contributed by atoms with Gasteiger partial charge in [0.25, 0.3) is 5.91 Å². The summed E-state index contributed by atoms with van der Waals surface area (Å²) >= 11 is 0. The van der Waals surface area contributed by atoms with Gasteiger partial charge in [-0.05, 0) is 14.0 Å². The second kappa shape index (κ2) is 6.56. The maximum Gasteiger partial charge on any atom is 0.330 e. The molecule has 1 saturated heterocycles. The van der Waals surface area contributed by atoms with E-state index in [2.05, 4.69) is 26.8 Å². The number of amides is 1. The Labute approximate surface area is 140 Å². The van der Waals surface area contributed by atoms with Gasteiger partial charge in [0, 0.05) is 38.9 Å². The summed E-state index contributed by atoms with van der Waals surface area (Å²) in [5, 5.41) is 9.20. The number of likely N-dealkylation sites (N-methyl/N-ethyl adjacent to an activating group) is 1. The second-order valence-electron chi connectivity index (χ2n) is 6.13. The third kappa shape index (κ3) is 3.09. The fourth-order valence-electron chi connectivity index (χ4n) is 2.92. The zero-order chi connectivity index (χ0) is 17.3. The highest BCUT2D eigenvalue weighted by molar-refractivity contribution is 5.98. The van der Waals surface area contributed by atoms with Gasteiger partial charge in [-0.25, -0.2) is 14.8 Å². The highest BCUT2D eigenvalue weighted by Gasteiger charge is 2.32. The van der Waals surface area contributed by atoms with Gasteiger partial charge in [-0.2, -0.15) is 0 Å². The molecular weight excluding hydrogens is 310 g/mol. The van der Waals surface area contributed by atoms with Gasteiger partial charge < -0.3 is 19.8 Å². The number of aromatic nitrogens is 2. The van der Waals surface area contributed by atoms with E-state index in [-0.39, 0.29) is 12.5 Å². The number of hydrogen-bond donors (Lipinski definition) is 1. The minimum Gasteiger partial charge on any atom is -0.479 e. The van der Waals surface area contributed by atoms with Crippen molar-refractivity contribution >= 4 is 17.8 Å². The normalized spacial score (nSPS) is 21.3. The number of piperazine rings is 1. The van der Waals surface area contributed by atoms with Crippen LogP contribution in [-0.2, 0) is 4.79 Å². The quantitative estimate of drug-likeness (QED) is 0.780. The van der Waals surface area contributed by atoms with Gasteiger partial charge >= 0.3 is 5.97 Å². The van der Waals surface area contributed by atoms with Crippen LogP contribution in [0.15, 0.2) is 18.3 Å². The van der Waals surface area contributed by atoms with E-state index in [9.17, 15) is 14.7 Å². The van der Waals surface area contributed by atoms with Crippen molar-refractivity contribution in [3.05, 3.63) is 29.6 Å². The molecule has 8 heteroatoms. The van der Waals surface area contributed by atoms with E-state index in [0.717, 1.165) is 26.2 Å². The first-order chi connectivity index (χ1) is 11.5. The summed E-state index contributed by atoms with van der Waals surface area (Å²) in [7, 11) is 2.08. The third-order valence-electron chi connectivity index (χ3n) is 4.45. The minimum absolute atomic E-state index is 0.287. The first kappa shape index (κ1) is 16.4. The number of rotatable bonds is 3. The van der Waals surface area contributed by atoms with Crippen molar-refractivity contribution in [1.29, 1.82) is 0 Å². The standard InChI is InChI=1S/C16H21N5O3/c1-11-12(14(22)21-5-3-4-13(21)15(23)24)10-17-16(18-11)20-8-6-19(2)7-9-20/h3-4,10,13H,5-9H2,1-2H3,(H,23,24)/t13-/m0/s1. The molecule has 0 spiro atoms. The summed E-state index contributed by atoms with van der Waals surface area (Å²) in [6.45, 7) is 5.63. The summed E-state index contributed by atoms with van der Waals surface area (Å²) in [5.74, 6) is -0.772. The van der Waals surface area contributed by atoms with Crippen LogP contribution in [0.3, 0.4) is 0 Å². The van der Waals surface area contributed by atoms with Crippen LogP contribution in [-0.4, -0.2) is 82.6 Å². The zero-order valence-corrected chi connectivity index (χ0v) is 13.8. The first-order valence-corrected chi connectivity index (χ1v) is 7.95. The molecule has 8 nitrogen and oxygen atoms in total. The number of carboxylic acid groups (broad SMARTS) is 1. The smallest absolute Gasteiger partial charge is 0.330 e. The van der Waals surface area contributed by atoms with Gasteiger partial charge in [0.2, 0.25) is 5.95 Å². The van der Waals surface area contributed by atoms with Crippen molar-refractivity contribution in [3.8, 4) is 0 Å². The zero-order valence-electron chi connectivity index (χ0n) is 13.8.